The van der Waals surface area contributed by atoms with E-state index in [-0.39, 0.29) is 18.0 Å². The lowest BCUT2D eigenvalue weighted by Gasteiger charge is -2.04. The zero-order chi connectivity index (χ0) is 11.3. The van der Waals surface area contributed by atoms with Gasteiger partial charge < -0.3 is 14.8 Å². The Bertz CT molecular complexity index is 373. The van der Waals surface area contributed by atoms with E-state index >= 15 is 0 Å². The van der Waals surface area contributed by atoms with E-state index in [1.807, 2.05) is 13.8 Å². The first-order chi connectivity index (χ1) is 7.19. The molecule has 2 N–H and O–H groups in total. The summed E-state index contributed by atoms with van der Waals surface area (Å²) in [5, 5.41) is 9.52. The summed E-state index contributed by atoms with van der Waals surface area (Å²) < 4.78 is 5.09. The fourth-order valence-corrected chi connectivity index (χ4v) is 1.27. The van der Waals surface area contributed by atoms with Crippen LogP contribution in [0, 0.1) is 0 Å². The van der Waals surface area contributed by atoms with Gasteiger partial charge in [0.25, 0.3) is 5.56 Å². The van der Waals surface area contributed by atoms with Crippen LogP contribution in [0.4, 0.5) is 0 Å². The molecule has 0 bridgehead atoms. The number of H-pyrrole nitrogens is 1. The number of aromatic amines is 1. The molecule has 0 aliphatic rings. The molecule has 0 amide bonds. The van der Waals surface area contributed by atoms with Crippen LogP contribution in [-0.2, 0) is 17.8 Å². The Morgan fingerprint density at radius 2 is 2.20 bits per heavy atom. The van der Waals surface area contributed by atoms with Crippen molar-refractivity contribution in [1.82, 2.24) is 9.97 Å². The lowest BCUT2D eigenvalue weighted by atomic mass is 10.2. The molecule has 0 saturated heterocycles. The average molecular weight is 212 g/mol. The zero-order valence-corrected chi connectivity index (χ0v) is 9.04. The molecule has 1 aromatic heterocycles. The molecule has 0 fully saturated rings. The summed E-state index contributed by atoms with van der Waals surface area (Å²) in [6.07, 6.45) is 1.33. The first kappa shape index (κ1) is 11.7. The summed E-state index contributed by atoms with van der Waals surface area (Å²) in [6.45, 7) is 4.54. The van der Waals surface area contributed by atoms with Crippen molar-refractivity contribution in [3.05, 3.63) is 21.7 Å². The van der Waals surface area contributed by atoms with E-state index in [0.29, 0.717) is 24.4 Å². The second kappa shape index (κ2) is 5.50. The first-order valence-corrected chi connectivity index (χ1v) is 5.07. The lowest BCUT2D eigenvalue weighted by molar-refractivity contribution is 0.127. The van der Waals surface area contributed by atoms with Crippen molar-refractivity contribution in [3.63, 3.8) is 0 Å². The molecule has 0 spiro atoms. The average Bonchev–Trinajstić information content (AvgIpc) is 2.20. The van der Waals surface area contributed by atoms with Crippen molar-refractivity contribution in [2.45, 2.75) is 33.3 Å². The minimum absolute atomic E-state index is 0.185. The third-order valence-electron chi connectivity index (χ3n) is 1.99. The van der Waals surface area contributed by atoms with Crippen LogP contribution in [0.25, 0.3) is 0 Å². The van der Waals surface area contributed by atoms with E-state index < -0.39 is 0 Å². The van der Waals surface area contributed by atoms with Crippen LogP contribution in [0.15, 0.2) is 4.79 Å². The van der Waals surface area contributed by atoms with Crippen LogP contribution in [0.1, 0.15) is 31.7 Å². The second-order valence-electron chi connectivity index (χ2n) is 3.20. The topological polar surface area (TPSA) is 75.2 Å². The van der Waals surface area contributed by atoms with E-state index in [2.05, 4.69) is 9.97 Å². The predicted molar refractivity (Wildman–Crippen MR) is 55.8 cm³/mol. The van der Waals surface area contributed by atoms with Crippen molar-refractivity contribution in [2.75, 3.05) is 6.61 Å². The van der Waals surface area contributed by atoms with Gasteiger partial charge in [-0.3, -0.25) is 4.79 Å². The molecule has 0 aliphatic carbocycles. The van der Waals surface area contributed by atoms with Gasteiger partial charge in [0.05, 0.1) is 5.56 Å². The molecule has 84 valence electrons. The maximum Gasteiger partial charge on any atom is 0.257 e. The molecule has 1 heterocycles. The maximum absolute atomic E-state index is 11.5. The molecule has 0 aliphatic heterocycles. The van der Waals surface area contributed by atoms with E-state index in [4.69, 9.17) is 4.74 Å². The maximum atomic E-state index is 11.5. The van der Waals surface area contributed by atoms with Crippen LogP contribution >= 0.6 is 0 Å². The number of nitrogens with zero attached hydrogens (tertiary/aromatic N) is 1. The monoisotopic (exact) mass is 212 g/mol. The van der Waals surface area contributed by atoms with Crippen molar-refractivity contribution in [2.24, 2.45) is 0 Å². The van der Waals surface area contributed by atoms with Crippen molar-refractivity contribution < 1.29 is 9.84 Å². The fourth-order valence-electron chi connectivity index (χ4n) is 1.27. The Balaban J connectivity index is 2.92. The van der Waals surface area contributed by atoms with Gasteiger partial charge in [-0.25, -0.2) is 0 Å². The molecule has 1 rings (SSSR count). The number of aromatic hydroxyl groups is 1. The summed E-state index contributed by atoms with van der Waals surface area (Å²) in [5.41, 5.74) is 0.0665. The third kappa shape index (κ3) is 3.06. The molecule has 0 saturated carbocycles. The van der Waals surface area contributed by atoms with Crippen LogP contribution < -0.4 is 5.56 Å². The zero-order valence-electron chi connectivity index (χ0n) is 9.04. The van der Waals surface area contributed by atoms with Gasteiger partial charge in [0, 0.05) is 6.61 Å². The van der Waals surface area contributed by atoms with Gasteiger partial charge in [-0.05, 0) is 13.3 Å². The van der Waals surface area contributed by atoms with Gasteiger partial charge >= 0.3 is 0 Å². The van der Waals surface area contributed by atoms with Crippen molar-refractivity contribution >= 4 is 0 Å². The van der Waals surface area contributed by atoms with E-state index in [1.54, 1.807) is 0 Å². The lowest BCUT2D eigenvalue weighted by Crippen LogP contribution is -2.17. The SMILES string of the molecule is CCCc1c(O)nc(COCC)[nH]c1=O. The van der Waals surface area contributed by atoms with Crippen LogP contribution in [0.3, 0.4) is 0 Å². The van der Waals surface area contributed by atoms with Crippen molar-refractivity contribution in [3.8, 4) is 5.88 Å². The molecule has 0 unspecified atom stereocenters. The van der Waals surface area contributed by atoms with Gasteiger partial charge in [-0.1, -0.05) is 13.3 Å². The highest BCUT2D eigenvalue weighted by atomic mass is 16.5. The van der Waals surface area contributed by atoms with Crippen LogP contribution in [0.5, 0.6) is 5.88 Å². The molecule has 1 aromatic rings. The molecule has 0 atom stereocenters. The quantitative estimate of drug-likeness (QED) is 0.762. The Morgan fingerprint density at radius 3 is 2.73 bits per heavy atom. The minimum Gasteiger partial charge on any atom is -0.493 e. The van der Waals surface area contributed by atoms with E-state index in [9.17, 15) is 9.90 Å². The van der Waals surface area contributed by atoms with Gasteiger partial charge in [0.1, 0.15) is 12.4 Å². The Morgan fingerprint density at radius 1 is 1.47 bits per heavy atom. The van der Waals surface area contributed by atoms with Gasteiger partial charge in [-0.2, -0.15) is 4.98 Å². The number of ether oxygens (including phenoxy) is 1. The molecule has 15 heavy (non-hydrogen) atoms. The number of nitrogens with one attached hydrogen (secondary N) is 1. The number of hydrogen-bond acceptors (Lipinski definition) is 4. The third-order valence-corrected chi connectivity index (χ3v) is 1.99. The van der Waals surface area contributed by atoms with Gasteiger partial charge in [0.2, 0.25) is 5.88 Å². The molecule has 5 heteroatoms. The Hall–Kier alpha value is -1.36. The number of rotatable bonds is 5. The normalized spacial score (nSPS) is 10.5. The van der Waals surface area contributed by atoms with Crippen molar-refractivity contribution in [1.29, 1.82) is 0 Å². The Labute approximate surface area is 88.1 Å². The molecule has 0 aromatic carbocycles. The number of aromatic nitrogens is 2. The van der Waals surface area contributed by atoms with Gasteiger partial charge in [0.15, 0.2) is 0 Å². The summed E-state index contributed by atoms with van der Waals surface area (Å²) in [7, 11) is 0. The van der Waals surface area contributed by atoms with Crippen LogP contribution in [0.2, 0.25) is 0 Å². The summed E-state index contributed by atoms with van der Waals surface area (Å²) in [4.78, 5) is 18.0. The smallest absolute Gasteiger partial charge is 0.257 e. The van der Waals surface area contributed by atoms with E-state index in [0.717, 1.165) is 6.42 Å². The molecular formula is C10H16N2O3. The summed E-state index contributed by atoms with van der Waals surface area (Å²) >= 11 is 0. The standard InChI is InChI=1S/C10H16N2O3/c1-3-5-7-9(13)11-8(6-15-4-2)12-10(7)14/h3-6H2,1-2H3,(H2,11,12,13,14). The molecular weight excluding hydrogens is 196 g/mol. The summed E-state index contributed by atoms with van der Waals surface area (Å²) in [6, 6.07) is 0. The predicted octanol–water partition coefficient (Wildman–Crippen LogP) is 0.964. The molecule has 5 nitrogen and oxygen atoms in total. The Kier molecular flexibility index (Phi) is 4.30. The first-order valence-electron chi connectivity index (χ1n) is 5.07. The minimum atomic E-state index is -0.279. The summed E-state index contributed by atoms with van der Waals surface area (Å²) in [5.74, 6) is 0.175. The molecule has 0 radical (unpaired) electrons. The number of hydrogen-bond donors (Lipinski definition) is 2. The highest BCUT2D eigenvalue weighted by Crippen LogP contribution is 2.10. The van der Waals surface area contributed by atoms with E-state index in [1.165, 1.54) is 0 Å². The highest BCUT2D eigenvalue weighted by Gasteiger charge is 2.09. The fraction of sp³-hybridized carbons (Fsp3) is 0.600. The largest absolute Gasteiger partial charge is 0.493 e. The van der Waals surface area contributed by atoms with Crippen LogP contribution in [-0.4, -0.2) is 21.7 Å². The van der Waals surface area contributed by atoms with Gasteiger partial charge in [-0.15, -0.1) is 0 Å². The highest BCUT2D eigenvalue weighted by molar-refractivity contribution is 5.22. The second-order valence-corrected chi connectivity index (χ2v) is 3.20.